The molecule has 10 heteroatoms. The van der Waals surface area contributed by atoms with Gasteiger partial charge in [-0.2, -0.15) is 0 Å². The maximum absolute atomic E-state index is 12.9. The number of amides is 1. The molecule has 1 fully saturated rings. The van der Waals surface area contributed by atoms with Gasteiger partial charge in [0.05, 0.1) is 18.1 Å². The molecule has 30 heavy (non-hydrogen) atoms. The minimum absolute atomic E-state index is 0.268. The van der Waals surface area contributed by atoms with Crippen LogP contribution >= 0.6 is 0 Å². The second kappa shape index (κ2) is 9.24. The molecule has 1 saturated heterocycles. The van der Waals surface area contributed by atoms with E-state index >= 15 is 0 Å². The smallest absolute Gasteiger partial charge is 0.338 e. The van der Waals surface area contributed by atoms with Crippen molar-refractivity contribution in [3.63, 3.8) is 0 Å². The Labute approximate surface area is 175 Å². The predicted molar refractivity (Wildman–Crippen MR) is 113 cm³/mol. The highest BCUT2D eigenvalue weighted by molar-refractivity contribution is 7.93. The molecule has 0 bridgehead atoms. The van der Waals surface area contributed by atoms with Crippen molar-refractivity contribution in [3.05, 3.63) is 60.2 Å². The summed E-state index contributed by atoms with van der Waals surface area (Å²) in [5.41, 5.74) is 6.74. The van der Waals surface area contributed by atoms with E-state index in [1.807, 2.05) is 0 Å². The third-order valence-electron chi connectivity index (χ3n) is 4.65. The Balaban J connectivity index is 1.72. The number of anilines is 2. The molecule has 0 radical (unpaired) electrons. The summed E-state index contributed by atoms with van der Waals surface area (Å²) >= 11 is 0. The van der Waals surface area contributed by atoms with Gasteiger partial charge < -0.3 is 10.1 Å². The average molecular weight is 433 g/mol. The Hall–Kier alpha value is -2.95. The molecule has 1 heterocycles. The lowest BCUT2D eigenvalue weighted by molar-refractivity contribution is -0.119. The molecule has 3 atom stereocenters. The van der Waals surface area contributed by atoms with Crippen molar-refractivity contribution >= 4 is 33.3 Å². The van der Waals surface area contributed by atoms with Gasteiger partial charge in [0, 0.05) is 17.4 Å². The number of hydrazine groups is 1. The van der Waals surface area contributed by atoms with E-state index in [9.17, 15) is 18.0 Å². The van der Waals surface area contributed by atoms with Gasteiger partial charge >= 0.3 is 5.97 Å². The number of rotatable bonds is 7. The second-order valence-corrected chi connectivity index (χ2v) is 8.63. The largest absolute Gasteiger partial charge is 0.462 e. The van der Waals surface area contributed by atoms with Crippen LogP contribution in [0.5, 0.6) is 0 Å². The summed E-state index contributed by atoms with van der Waals surface area (Å²) in [6, 6.07) is 14.2. The lowest BCUT2D eigenvalue weighted by Gasteiger charge is -2.21. The van der Waals surface area contributed by atoms with Crippen molar-refractivity contribution in [2.24, 2.45) is 5.92 Å². The van der Waals surface area contributed by atoms with Crippen LogP contribution in [0.4, 0.5) is 11.4 Å². The molecular weight excluding hydrogens is 408 g/mol. The van der Waals surface area contributed by atoms with Crippen LogP contribution in [0.2, 0.25) is 0 Å². The van der Waals surface area contributed by atoms with Crippen LogP contribution in [-0.2, 0) is 19.6 Å². The van der Waals surface area contributed by atoms with E-state index in [1.165, 1.54) is 12.1 Å². The lowest BCUT2D eigenvalue weighted by Crippen LogP contribution is -2.45. The number of para-hydroxylation sites is 1. The maximum Gasteiger partial charge on any atom is 0.338 e. The van der Waals surface area contributed by atoms with Gasteiger partial charge in [-0.15, -0.1) is 0 Å². The van der Waals surface area contributed by atoms with Crippen LogP contribution < -0.4 is 20.9 Å². The molecule has 1 aliphatic heterocycles. The molecule has 2 aromatic rings. The predicted octanol–water partition coefficient (Wildman–Crippen LogP) is 1.68. The van der Waals surface area contributed by atoms with Gasteiger partial charge in [0.2, 0.25) is 5.91 Å². The lowest BCUT2D eigenvalue weighted by atomic mass is 10.0. The Morgan fingerprint density at radius 3 is 2.30 bits per heavy atom. The summed E-state index contributed by atoms with van der Waals surface area (Å²) in [5, 5.41) is 1.54. The molecule has 2 aromatic carbocycles. The summed E-state index contributed by atoms with van der Waals surface area (Å²) in [6.45, 7) is 3.71. The zero-order chi connectivity index (χ0) is 21.7. The van der Waals surface area contributed by atoms with E-state index in [1.54, 1.807) is 56.3 Å². The average Bonchev–Trinajstić information content (AvgIpc) is 3.12. The molecule has 0 aromatic heterocycles. The molecule has 0 spiro atoms. The molecule has 4 N–H and O–H groups in total. The Kier molecular flexibility index (Phi) is 6.70. The van der Waals surface area contributed by atoms with Gasteiger partial charge in [0.1, 0.15) is 0 Å². The summed E-state index contributed by atoms with van der Waals surface area (Å²) in [4.78, 5) is 24.6. The van der Waals surface area contributed by atoms with Gasteiger partial charge in [0.25, 0.3) is 10.0 Å². The first-order valence-electron chi connectivity index (χ1n) is 9.47. The standard InChI is InChI=1S/C20H24N4O5S/c1-3-29-20(26)14-9-11-15(12-10-14)21-18(25)17-13(2)22-23-19(17)30(27,28)24-16-7-5-4-6-8-16/h4-13,17,19,22-24H,3H2,1-2H3,(H,21,25). The van der Waals surface area contributed by atoms with E-state index in [0.717, 1.165) is 0 Å². The van der Waals surface area contributed by atoms with Crippen LogP contribution in [0, 0.1) is 5.92 Å². The number of carbonyl (C=O) groups is 2. The fourth-order valence-electron chi connectivity index (χ4n) is 3.15. The Morgan fingerprint density at radius 2 is 1.67 bits per heavy atom. The van der Waals surface area contributed by atoms with Gasteiger partial charge in [-0.3, -0.25) is 14.9 Å². The fourth-order valence-corrected chi connectivity index (χ4v) is 4.71. The number of sulfonamides is 1. The summed E-state index contributed by atoms with van der Waals surface area (Å²) in [6.07, 6.45) is 0. The molecular formula is C20H24N4O5S. The van der Waals surface area contributed by atoms with Crippen molar-refractivity contribution in [1.29, 1.82) is 0 Å². The molecule has 1 aliphatic rings. The van der Waals surface area contributed by atoms with Crippen molar-refractivity contribution < 1.29 is 22.7 Å². The van der Waals surface area contributed by atoms with Crippen molar-refractivity contribution in [2.75, 3.05) is 16.6 Å². The third kappa shape index (κ3) is 4.96. The number of ether oxygens (including phenoxy) is 1. The minimum atomic E-state index is -3.90. The van der Waals surface area contributed by atoms with E-state index in [0.29, 0.717) is 16.9 Å². The molecule has 9 nitrogen and oxygen atoms in total. The summed E-state index contributed by atoms with van der Waals surface area (Å²) < 4.78 is 33.1. The van der Waals surface area contributed by atoms with Crippen LogP contribution in [0.15, 0.2) is 54.6 Å². The van der Waals surface area contributed by atoms with E-state index in [-0.39, 0.29) is 6.61 Å². The highest BCUT2D eigenvalue weighted by Crippen LogP contribution is 2.24. The quantitative estimate of drug-likeness (QED) is 0.491. The van der Waals surface area contributed by atoms with Crippen LogP contribution in [-0.4, -0.2) is 38.3 Å². The van der Waals surface area contributed by atoms with E-state index < -0.39 is 39.2 Å². The number of nitrogens with one attached hydrogen (secondary N) is 4. The Morgan fingerprint density at radius 1 is 1.00 bits per heavy atom. The molecule has 160 valence electrons. The first-order chi connectivity index (χ1) is 14.3. The molecule has 0 aliphatic carbocycles. The summed E-state index contributed by atoms with van der Waals surface area (Å²) in [7, 11) is -3.90. The van der Waals surface area contributed by atoms with E-state index in [4.69, 9.17) is 4.74 Å². The SMILES string of the molecule is CCOC(=O)c1ccc(NC(=O)C2C(C)NNC2S(=O)(=O)Nc2ccccc2)cc1. The minimum Gasteiger partial charge on any atom is -0.462 e. The monoisotopic (exact) mass is 432 g/mol. The van der Waals surface area contributed by atoms with Crippen molar-refractivity contribution in [2.45, 2.75) is 25.3 Å². The first-order valence-corrected chi connectivity index (χ1v) is 11.0. The highest BCUT2D eigenvalue weighted by atomic mass is 32.2. The van der Waals surface area contributed by atoms with Crippen LogP contribution in [0.1, 0.15) is 24.2 Å². The summed E-state index contributed by atoms with van der Waals surface area (Å²) in [5.74, 6) is -1.81. The molecule has 1 amide bonds. The van der Waals surface area contributed by atoms with Gasteiger partial charge in [-0.05, 0) is 50.2 Å². The number of benzene rings is 2. The van der Waals surface area contributed by atoms with Crippen LogP contribution in [0.25, 0.3) is 0 Å². The second-order valence-electron chi connectivity index (χ2n) is 6.82. The normalized spacial score (nSPS) is 21.1. The molecule has 3 rings (SSSR count). The molecule has 3 unspecified atom stereocenters. The number of hydrogen-bond donors (Lipinski definition) is 4. The van der Waals surface area contributed by atoms with Crippen LogP contribution in [0.3, 0.4) is 0 Å². The number of hydrogen-bond acceptors (Lipinski definition) is 7. The number of esters is 1. The first kappa shape index (κ1) is 21.8. The Bertz CT molecular complexity index is 996. The van der Waals surface area contributed by atoms with Gasteiger partial charge in [-0.25, -0.2) is 18.6 Å². The van der Waals surface area contributed by atoms with Crippen molar-refractivity contribution in [1.82, 2.24) is 10.9 Å². The van der Waals surface area contributed by atoms with E-state index in [2.05, 4.69) is 20.9 Å². The van der Waals surface area contributed by atoms with Crippen molar-refractivity contribution in [3.8, 4) is 0 Å². The highest BCUT2D eigenvalue weighted by Gasteiger charge is 2.46. The zero-order valence-corrected chi connectivity index (χ0v) is 17.4. The third-order valence-corrected chi connectivity index (χ3v) is 6.25. The number of carbonyl (C=O) groups excluding carboxylic acids is 2. The maximum atomic E-state index is 12.9. The van der Waals surface area contributed by atoms with Gasteiger partial charge in [-0.1, -0.05) is 18.2 Å². The zero-order valence-electron chi connectivity index (χ0n) is 16.6. The fraction of sp³-hybridized carbons (Fsp3) is 0.300. The molecule has 0 saturated carbocycles. The van der Waals surface area contributed by atoms with Gasteiger partial charge in [0.15, 0.2) is 5.37 Å². The topological polar surface area (TPSA) is 126 Å².